The van der Waals surface area contributed by atoms with Gasteiger partial charge in [-0.05, 0) is 31.7 Å². The zero-order valence-electron chi connectivity index (χ0n) is 13.4. The van der Waals surface area contributed by atoms with Crippen molar-refractivity contribution in [1.82, 2.24) is 24.8 Å². The molecule has 0 amide bonds. The van der Waals surface area contributed by atoms with Gasteiger partial charge in [0.1, 0.15) is 11.6 Å². The molecule has 2 aliphatic rings. The summed E-state index contributed by atoms with van der Waals surface area (Å²) in [5, 5.41) is 7.05. The lowest BCUT2D eigenvalue weighted by Crippen LogP contribution is -2.20. The fraction of sp³-hybridized carbons (Fsp3) is 0.562. The Labute approximate surface area is 135 Å². The fourth-order valence-electron chi connectivity index (χ4n) is 3.33. The van der Waals surface area contributed by atoms with E-state index in [0.29, 0.717) is 11.9 Å². The van der Waals surface area contributed by atoms with Crippen molar-refractivity contribution in [2.75, 3.05) is 24.1 Å². The largest absolute Gasteiger partial charge is 0.368 e. The van der Waals surface area contributed by atoms with E-state index in [-0.39, 0.29) is 6.04 Å². The maximum absolute atomic E-state index is 5.95. The third kappa shape index (κ3) is 2.88. The molecule has 1 unspecified atom stereocenters. The number of hydrogen-bond acceptors (Lipinski definition) is 6. The molecule has 122 valence electrons. The van der Waals surface area contributed by atoms with Gasteiger partial charge in [0, 0.05) is 38.0 Å². The molecule has 7 nitrogen and oxygen atoms in total. The Morgan fingerprint density at radius 3 is 2.87 bits per heavy atom. The Balaban J connectivity index is 1.69. The van der Waals surface area contributed by atoms with Gasteiger partial charge in [-0.25, -0.2) is 9.97 Å². The van der Waals surface area contributed by atoms with Gasteiger partial charge in [0.05, 0.1) is 11.7 Å². The van der Waals surface area contributed by atoms with E-state index >= 15 is 0 Å². The molecule has 1 fully saturated rings. The molecule has 1 atom stereocenters. The van der Waals surface area contributed by atoms with Crippen molar-refractivity contribution in [3.05, 3.63) is 29.5 Å². The van der Waals surface area contributed by atoms with Gasteiger partial charge in [-0.15, -0.1) is 0 Å². The summed E-state index contributed by atoms with van der Waals surface area (Å²) in [6.07, 6.45) is 8.13. The van der Waals surface area contributed by atoms with Gasteiger partial charge in [0.25, 0.3) is 0 Å². The number of aryl methyl sites for hydroxylation is 1. The minimum absolute atomic E-state index is 0.185. The number of nitrogen functional groups attached to an aromatic ring is 1. The molecule has 0 aromatic carbocycles. The van der Waals surface area contributed by atoms with Crippen LogP contribution in [0.1, 0.15) is 36.0 Å². The summed E-state index contributed by atoms with van der Waals surface area (Å²) in [6, 6.07) is 0.185. The molecule has 1 saturated carbocycles. The van der Waals surface area contributed by atoms with Crippen molar-refractivity contribution < 1.29 is 0 Å². The number of nitrogens with one attached hydrogen (secondary N) is 2. The first-order valence-corrected chi connectivity index (χ1v) is 8.32. The minimum atomic E-state index is 0.185. The molecule has 0 saturated heterocycles. The molecule has 4 N–H and O–H groups in total. The smallest absolute Gasteiger partial charge is 0.222 e. The Kier molecular flexibility index (Phi) is 3.65. The molecular weight excluding hydrogens is 290 g/mol. The van der Waals surface area contributed by atoms with Gasteiger partial charge in [0.2, 0.25) is 5.95 Å². The minimum Gasteiger partial charge on any atom is -0.368 e. The van der Waals surface area contributed by atoms with E-state index in [1.54, 1.807) is 0 Å². The highest BCUT2D eigenvalue weighted by Crippen LogP contribution is 2.42. The van der Waals surface area contributed by atoms with Gasteiger partial charge in [-0.2, -0.15) is 4.98 Å². The van der Waals surface area contributed by atoms with Crippen LogP contribution >= 0.6 is 0 Å². The Morgan fingerprint density at radius 1 is 1.30 bits per heavy atom. The topological polar surface area (TPSA) is 93.7 Å². The lowest BCUT2D eigenvalue weighted by molar-refractivity contribution is 0.603. The number of nitrogens with two attached hydrogens (primary N) is 1. The van der Waals surface area contributed by atoms with Crippen LogP contribution in [0, 0.1) is 5.92 Å². The van der Waals surface area contributed by atoms with Crippen LogP contribution in [0.25, 0.3) is 0 Å². The number of nitrogens with zero attached hydrogens (tertiary/aromatic N) is 4. The number of anilines is 2. The number of rotatable bonds is 4. The van der Waals surface area contributed by atoms with Gasteiger partial charge in [-0.3, -0.25) is 0 Å². The van der Waals surface area contributed by atoms with Crippen molar-refractivity contribution in [2.24, 2.45) is 13.0 Å². The lowest BCUT2D eigenvalue weighted by Gasteiger charge is -2.21. The summed E-state index contributed by atoms with van der Waals surface area (Å²) in [6.45, 7) is 1.89. The summed E-state index contributed by atoms with van der Waals surface area (Å²) in [7, 11) is 2.04. The maximum atomic E-state index is 5.95. The van der Waals surface area contributed by atoms with Crippen LogP contribution < -0.4 is 16.4 Å². The van der Waals surface area contributed by atoms with E-state index in [2.05, 4.69) is 30.2 Å². The predicted molar refractivity (Wildman–Crippen MR) is 89.0 cm³/mol. The molecule has 2 aromatic heterocycles. The van der Waals surface area contributed by atoms with E-state index in [4.69, 9.17) is 5.73 Å². The summed E-state index contributed by atoms with van der Waals surface area (Å²) >= 11 is 0. The lowest BCUT2D eigenvalue weighted by atomic mass is 10.1. The number of fused-ring (bicyclic) bond motifs is 1. The van der Waals surface area contributed by atoms with E-state index in [1.165, 1.54) is 18.4 Å². The number of hydrogen-bond donors (Lipinski definition) is 3. The molecule has 2 aromatic rings. The molecule has 4 rings (SSSR count). The standard InChI is InChI=1S/C16H23N7/c1-23-9-8-19-15(23)13(10-2-3-10)21-14-11-4-6-18-7-5-12(11)20-16(17)22-14/h8-10,13,18H,2-7H2,1H3,(H3,17,20,21,22). The third-order valence-corrected chi connectivity index (χ3v) is 4.72. The fourth-order valence-corrected chi connectivity index (χ4v) is 3.33. The monoisotopic (exact) mass is 313 g/mol. The highest BCUT2D eigenvalue weighted by molar-refractivity contribution is 5.51. The predicted octanol–water partition coefficient (Wildman–Crippen LogP) is 1.04. The first kappa shape index (κ1) is 14.4. The average molecular weight is 313 g/mol. The zero-order valence-corrected chi connectivity index (χ0v) is 13.4. The SMILES string of the molecule is Cn1ccnc1C(Nc1nc(N)nc2c1CCNCC2)C1CC1. The van der Waals surface area contributed by atoms with Crippen molar-refractivity contribution in [3.63, 3.8) is 0 Å². The Bertz CT molecular complexity index is 704. The molecule has 1 aliphatic heterocycles. The Morgan fingerprint density at radius 2 is 2.13 bits per heavy atom. The normalized spacial score (nSPS) is 19.0. The second kappa shape index (κ2) is 5.81. The summed E-state index contributed by atoms with van der Waals surface area (Å²) in [5.74, 6) is 2.91. The average Bonchev–Trinajstić information content (AvgIpc) is 3.30. The number of aromatic nitrogens is 4. The summed E-state index contributed by atoms with van der Waals surface area (Å²) < 4.78 is 2.08. The molecule has 1 aliphatic carbocycles. The van der Waals surface area contributed by atoms with E-state index in [0.717, 1.165) is 43.3 Å². The second-order valence-electron chi connectivity index (χ2n) is 6.46. The van der Waals surface area contributed by atoms with Gasteiger partial charge < -0.3 is 20.9 Å². The molecule has 0 bridgehead atoms. The Hall–Kier alpha value is -2.15. The van der Waals surface area contributed by atoms with Crippen molar-refractivity contribution in [3.8, 4) is 0 Å². The van der Waals surface area contributed by atoms with Crippen molar-refractivity contribution >= 4 is 11.8 Å². The second-order valence-corrected chi connectivity index (χ2v) is 6.46. The first-order chi connectivity index (χ1) is 11.2. The highest BCUT2D eigenvalue weighted by Gasteiger charge is 2.35. The summed E-state index contributed by atoms with van der Waals surface area (Å²) in [4.78, 5) is 13.5. The van der Waals surface area contributed by atoms with Gasteiger partial charge in [-0.1, -0.05) is 0 Å². The van der Waals surface area contributed by atoms with Crippen LogP contribution in [-0.2, 0) is 19.9 Å². The molecule has 7 heteroatoms. The molecule has 0 radical (unpaired) electrons. The van der Waals surface area contributed by atoms with Crippen LogP contribution in [0.5, 0.6) is 0 Å². The van der Waals surface area contributed by atoms with E-state index in [9.17, 15) is 0 Å². The zero-order chi connectivity index (χ0) is 15.8. The van der Waals surface area contributed by atoms with Crippen molar-refractivity contribution in [1.29, 1.82) is 0 Å². The first-order valence-electron chi connectivity index (χ1n) is 8.32. The van der Waals surface area contributed by atoms with Crippen molar-refractivity contribution in [2.45, 2.75) is 31.7 Å². The quantitative estimate of drug-likeness (QED) is 0.781. The highest BCUT2D eigenvalue weighted by atomic mass is 15.2. The van der Waals surface area contributed by atoms with Gasteiger partial charge in [0.15, 0.2) is 0 Å². The van der Waals surface area contributed by atoms with Crippen LogP contribution in [0.15, 0.2) is 12.4 Å². The third-order valence-electron chi connectivity index (χ3n) is 4.72. The van der Waals surface area contributed by atoms with Crippen LogP contribution in [0.2, 0.25) is 0 Å². The molecule has 3 heterocycles. The molecule has 23 heavy (non-hydrogen) atoms. The van der Waals surface area contributed by atoms with Crippen LogP contribution in [-0.4, -0.2) is 32.6 Å². The van der Waals surface area contributed by atoms with E-state index in [1.807, 2.05) is 19.4 Å². The molecule has 0 spiro atoms. The van der Waals surface area contributed by atoms with Gasteiger partial charge >= 0.3 is 0 Å². The maximum Gasteiger partial charge on any atom is 0.222 e. The van der Waals surface area contributed by atoms with Crippen LogP contribution in [0.4, 0.5) is 11.8 Å². The molecular formula is C16H23N7. The number of imidazole rings is 1. The summed E-state index contributed by atoms with van der Waals surface area (Å²) in [5.41, 5.74) is 8.21. The van der Waals surface area contributed by atoms with E-state index < -0.39 is 0 Å². The van der Waals surface area contributed by atoms with Crippen LogP contribution in [0.3, 0.4) is 0 Å².